The molecule has 3 rings (SSSR count). The van der Waals surface area contributed by atoms with Crippen molar-refractivity contribution in [1.29, 1.82) is 0 Å². The van der Waals surface area contributed by atoms with E-state index in [4.69, 9.17) is 0 Å². The molecule has 142 valence electrons. The maximum absolute atomic E-state index is 12.5. The quantitative estimate of drug-likeness (QED) is 0.472. The number of amides is 3. The first kappa shape index (κ1) is 19.1. The molecule has 1 unspecified atom stereocenters. The highest BCUT2D eigenvalue weighted by Crippen LogP contribution is 2.23. The number of nitrogens with one attached hydrogen (secondary N) is 2. The molecule has 2 aromatic carbocycles. The molecular weight excluding hydrogens is 360 g/mol. The Kier molecular flexibility index (Phi) is 5.12. The smallest absolute Gasteiger partial charge is 0.259 e. The lowest BCUT2D eigenvalue weighted by Gasteiger charge is -2.12. The summed E-state index contributed by atoms with van der Waals surface area (Å²) >= 11 is 0. The van der Waals surface area contributed by atoms with Crippen LogP contribution in [0.15, 0.2) is 46.6 Å². The second-order valence-corrected chi connectivity index (χ2v) is 6.48. The Hall–Kier alpha value is -3.68. The Morgan fingerprint density at radius 1 is 1.04 bits per heavy atom. The number of ketones is 1. The number of carbonyl (C=O) groups is 4. The predicted molar refractivity (Wildman–Crippen MR) is 102 cm³/mol. The fourth-order valence-electron chi connectivity index (χ4n) is 2.75. The monoisotopic (exact) mass is 378 g/mol. The number of benzene rings is 2. The van der Waals surface area contributed by atoms with Gasteiger partial charge in [0, 0.05) is 5.69 Å². The van der Waals surface area contributed by atoms with Gasteiger partial charge in [0.15, 0.2) is 5.78 Å². The Morgan fingerprint density at radius 3 is 2.46 bits per heavy atom. The lowest BCUT2D eigenvalue weighted by Crippen LogP contribution is -2.32. The molecule has 1 heterocycles. The summed E-state index contributed by atoms with van der Waals surface area (Å²) < 4.78 is 0. The minimum Gasteiger partial charge on any atom is -0.324 e. The number of hydrogen-bond acceptors (Lipinski definition) is 6. The van der Waals surface area contributed by atoms with Crippen LogP contribution in [0.2, 0.25) is 0 Å². The topological polar surface area (TPSA) is 117 Å². The number of carbonyl (C=O) groups excluding carboxylic acids is 4. The maximum Gasteiger partial charge on any atom is 0.259 e. The van der Waals surface area contributed by atoms with Crippen LogP contribution in [0.4, 0.5) is 11.4 Å². The molecule has 0 fully saturated rings. The maximum atomic E-state index is 12.5. The lowest BCUT2D eigenvalue weighted by molar-refractivity contribution is -0.126. The molecule has 28 heavy (non-hydrogen) atoms. The number of hydrogen-bond donors (Lipinski definition) is 2. The molecule has 0 radical (unpaired) electrons. The van der Waals surface area contributed by atoms with Crippen molar-refractivity contribution in [1.82, 2.24) is 5.32 Å². The van der Waals surface area contributed by atoms with Crippen LogP contribution in [-0.4, -0.2) is 29.5 Å². The Labute approximate surface area is 161 Å². The molecule has 0 aliphatic carbocycles. The molecule has 1 aliphatic rings. The number of anilines is 1. The van der Waals surface area contributed by atoms with Crippen molar-refractivity contribution in [3.63, 3.8) is 0 Å². The first-order valence-corrected chi connectivity index (χ1v) is 8.56. The number of nitrogens with zero attached hydrogens (tertiary/aromatic N) is 2. The predicted octanol–water partition coefficient (Wildman–Crippen LogP) is 2.87. The molecule has 0 bridgehead atoms. The van der Waals surface area contributed by atoms with Gasteiger partial charge in [0.2, 0.25) is 6.04 Å². The molecular formula is C20H18N4O4. The van der Waals surface area contributed by atoms with Crippen LogP contribution in [0.5, 0.6) is 0 Å². The third-order valence-corrected chi connectivity index (χ3v) is 4.50. The molecule has 0 spiro atoms. The van der Waals surface area contributed by atoms with Crippen molar-refractivity contribution in [2.45, 2.75) is 26.8 Å². The summed E-state index contributed by atoms with van der Waals surface area (Å²) in [5.41, 5.74) is 3.18. The summed E-state index contributed by atoms with van der Waals surface area (Å²) in [6, 6.07) is 8.46. The van der Waals surface area contributed by atoms with E-state index in [1.165, 1.54) is 25.1 Å². The summed E-state index contributed by atoms with van der Waals surface area (Å²) in [4.78, 5) is 47.7. The van der Waals surface area contributed by atoms with E-state index >= 15 is 0 Å². The molecule has 8 nitrogen and oxygen atoms in total. The van der Waals surface area contributed by atoms with Gasteiger partial charge in [-0.3, -0.25) is 24.5 Å². The average molecular weight is 378 g/mol. The summed E-state index contributed by atoms with van der Waals surface area (Å²) in [6.45, 7) is 5.04. The second-order valence-electron chi connectivity index (χ2n) is 6.48. The van der Waals surface area contributed by atoms with Crippen molar-refractivity contribution in [2.24, 2.45) is 10.2 Å². The molecule has 0 saturated carbocycles. The van der Waals surface area contributed by atoms with Crippen LogP contribution in [0.25, 0.3) is 0 Å². The van der Waals surface area contributed by atoms with Gasteiger partial charge in [-0.2, -0.15) is 10.2 Å². The number of aryl methyl sites for hydroxylation is 1. The van der Waals surface area contributed by atoms with E-state index in [1.54, 1.807) is 12.1 Å². The van der Waals surface area contributed by atoms with Crippen LogP contribution in [-0.2, 0) is 9.59 Å². The normalized spacial score (nSPS) is 14.0. The highest BCUT2D eigenvalue weighted by Gasteiger charge is 2.27. The molecule has 8 heteroatoms. The summed E-state index contributed by atoms with van der Waals surface area (Å²) in [5, 5.41) is 12.7. The summed E-state index contributed by atoms with van der Waals surface area (Å²) in [5.74, 6) is -2.06. The second kappa shape index (κ2) is 7.51. The first-order chi connectivity index (χ1) is 13.3. The third kappa shape index (κ3) is 3.71. The highest BCUT2D eigenvalue weighted by molar-refractivity contribution is 6.21. The number of fused-ring (bicyclic) bond motifs is 1. The summed E-state index contributed by atoms with van der Waals surface area (Å²) in [7, 11) is 0. The van der Waals surface area contributed by atoms with Gasteiger partial charge in [-0.1, -0.05) is 12.1 Å². The molecule has 2 aromatic rings. The van der Waals surface area contributed by atoms with E-state index in [0.717, 1.165) is 11.1 Å². The minimum atomic E-state index is -1.33. The van der Waals surface area contributed by atoms with Crippen LogP contribution < -0.4 is 10.6 Å². The van der Waals surface area contributed by atoms with Crippen LogP contribution in [0.3, 0.4) is 0 Å². The van der Waals surface area contributed by atoms with Gasteiger partial charge in [0.25, 0.3) is 17.7 Å². The summed E-state index contributed by atoms with van der Waals surface area (Å²) in [6.07, 6.45) is 0. The van der Waals surface area contributed by atoms with E-state index in [0.29, 0.717) is 5.69 Å². The number of Topliss-reactive ketones (excluding diaryl/α,β-unsaturated/α-hetero) is 1. The van der Waals surface area contributed by atoms with E-state index in [9.17, 15) is 19.2 Å². The molecule has 1 atom stereocenters. The molecule has 1 aliphatic heterocycles. The van der Waals surface area contributed by atoms with Gasteiger partial charge in [-0.15, -0.1) is 0 Å². The van der Waals surface area contributed by atoms with Crippen LogP contribution >= 0.6 is 0 Å². The Morgan fingerprint density at radius 2 is 1.75 bits per heavy atom. The zero-order valence-corrected chi connectivity index (χ0v) is 15.6. The first-order valence-electron chi connectivity index (χ1n) is 8.56. The van der Waals surface area contributed by atoms with Crippen molar-refractivity contribution >= 4 is 34.9 Å². The fourth-order valence-corrected chi connectivity index (χ4v) is 2.75. The average Bonchev–Trinajstić information content (AvgIpc) is 2.92. The molecule has 2 N–H and O–H groups in total. The Bertz CT molecular complexity index is 1040. The van der Waals surface area contributed by atoms with E-state index in [-0.39, 0.29) is 16.8 Å². The fraction of sp³-hybridized carbons (Fsp3) is 0.200. The zero-order valence-electron chi connectivity index (χ0n) is 15.6. The Balaban J connectivity index is 1.81. The minimum absolute atomic E-state index is 0.181. The van der Waals surface area contributed by atoms with Crippen LogP contribution in [0.1, 0.15) is 38.8 Å². The van der Waals surface area contributed by atoms with E-state index in [2.05, 4.69) is 20.9 Å². The van der Waals surface area contributed by atoms with Crippen molar-refractivity contribution < 1.29 is 19.2 Å². The van der Waals surface area contributed by atoms with Gasteiger partial charge in [-0.25, -0.2) is 0 Å². The largest absolute Gasteiger partial charge is 0.324 e. The van der Waals surface area contributed by atoms with Gasteiger partial charge >= 0.3 is 0 Å². The molecule has 3 amide bonds. The van der Waals surface area contributed by atoms with Gasteiger partial charge in [0.05, 0.1) is 16.8 Å². The van der Waals surface area contributed by atoms with Crippen molar-refractivity contribution in [2.75, 3.05) is 5.32 Å². The van der Waals surface area contributed by atoms with Crippen LogP contribution in [0, 0.1) is 13.8 Å². The van der Waals surface area contributed by atoms with E-state index in [1.807, 2.05) is 19.9 Å². The SMILES string of the molecule is CC(=O)C(N=Nc1ccc2c(c1)C(=O)NC2=O)C(=O)Nc1cccc(C)c1C. The lowest BCUT2D eigenvalue weighted by atomic mass is 10.1. The third-order valence-electron chi connectivity index (χ3n) is 4.50. The van der Waals surface area contributed by atoms with Gasteiger partial charge in [-0.05, 0) is 56.2 Å². The highest BCUT2D eigenvalue weighted by atomic mass is 16.2. The number of imide groups is 1. The van der Waals surface area contributed by atoms with E-state index < -0.39 is 29.5 Å². The standard InChI is InChI=1S/C20H18N4O4/c1-10-5-4-6-16(11(10)2)21-20(28)17(12(3)25)24-23-13-7-8-14-15(9-13)19(27)22-18(14)26/h4-9,17H,1-3H3,(H,21,28)(H,22,26,27). The molecule has 0 saturated heterocycles. The number of azo groups is 1. The van der Waals surface area contributed by atoms with Crippen molar-refractivity contribution in [3.8, 4) is 0 Å². The van der Waals surface area contributed by atoms with Gasteiger partial charge < -0.3 is 5.32 Å². The molecule has 0 aromatic heterocycles. The van der Waals surface area contributed by atoms with Crippen molar-refractivity contribution in [3.05, 3.63) is 58.7 Å². The number of rotatable bonds is 5. The van der Waals surface area contributed by atoms with Gasteiger partial charge in [0.1, 0.15) is 0 Å². The zero-order chi connectivity index (χ0) is 20.4.